The van der Waals surface area contributed by atoms with Crippen molar-refractivity contribution >= 4 is 40.8 Å². The maximum Gasteiger partial charge on any atom is 0.432 e. The first-order valence-electron chi connectivity index (χ1n) is 7.78. The van der Waals surface area contributed by atoms with Crippen molar-refractivity contribution in [3.63, 3.8) is 0 Å². The van der Waals surface area contributed by atoms with Crippen molar-refractivity contribution in [2.24, 2.45) is 0 Å². The van der Waals surface area contributed by atoms with Crippen molar-refractivity contribution in [1.29, 1.82) is 0 Å². The van der Waals surface area contributed by atoms with E-state index in [0.717, 1.165) is 25.3 Å². The third-order valence-electron chi connectivity index (χ3n) is 3.94. The van der Waals surface area contributed by atoms with Crippen molar-refractivity contribution in [3.8, 4) is 5.75 Å². The fourth-order valence-corrected chi connectivity index (χ4v) is 2.69. The van der Waals surface area contributed by atoms with Crippen molar-refractivity contribution < 1.29 is 37.3 Å². The number of esters is 1. The largest absolute Gasteiger partial charge is 0.495 e. The number of aliphatic hydroxyl groups is 1. The standard InChI is InChI=1S/C18H14Cl2F3NO5/c1-28-14-8-10(17(27,16(26)29-2)18(21,22)23)4-6-13(14)24-15(25)9-3-5-11(19)12(20)7-9/h3-8,27H,1-2H3,(H,24,25)/t17-/m1/s1. The number of amides is 1. The molecule has 2 rings (SSSR count). The minimum absolute atomic E-state index is 0.0123. The molecule has 0 aliphatic heterocycles. The Labute approximate surface area is 173 Å². The monoisotopic (exact) mass is 451 g/mol. The van der Waals surface area contributed by atoms with E-state index in [1.54, 1.807) is 0 Å². The molecule has 0 saturated carbocycles. The quantitative estimate of drug-likeness (QED) is 0.666. The smallest absolute Gasteiger partial charge is 0.432 e. The second-order valence-corrected chi connectivity index (χ2v) is 6.51. The summed E-state index contributed by atoms with van der Waals surface area (Å²) >= 11 is 11.7. The van der Waals surface area contributed by atoms with Crippen LogP contribution in [0.4, 0.5) is 18.9 Å². The van der Waals surface area contributed by atoms with E-state index in [0.29, 0.717) is 7.11 Å². The highest BCUT2D eigenvalue weighted by molar-refractivity contribution is 6.42. The Bertz CT molecular complexity index is 952. The van der Waals surface area contributed by atoms with Crippen molar-refractivity contribution in [1.82, 2.24) is 0 Å². The van der Waals surface area contributed by atoms with Crippen LogP contribution < -0.4 is 10.1 Å². The van der Waals surface area contributed by atoms with Crippen molar-refractivity contribution in [2.75, 3.05) is 19.5 Å². The highest BCUT2D eigenvalue weighted by atomic mass is 35.5. The molecule has 0 fully saturated rings. The van der Waals surface area contributed by atoms with Gasteiger partial charge in [0.1, 0.15) is 5.75 Å². The third-order valence-corrected chi connectivity index (χ3v) is 4.68. The first-order chi connectivity index (χ1) is 13.4. The Morgan fingerprint density at radius 2 is 1.69 bits per heavy atom. The zero-order chi connectivity index (χ0) is 22.0. The molecule has 156 valence electrons. The molecule has 1 amide bonds. The van der Waals surface area contributed by atoms with Crippen LogP contribution in [0, 0.1) is 0 Å². The molecule has 0 bridgehead atoms. The van der Waals surface area contributed by atoms with Gasteiger partial charge in [-0.15, -0.1) is 0 Å². The normalized spacial score (nSPS) is 13.4. The van der Waals surface area contributed by atoms with E-state index in [-0.39, 0.29) is 27.0 Å². The van der Waals surface area contributed by atoms with E-state index in [4.69, 9.17) is 27.9 Å². The van der Waals surface area contributed by atoms with Crippen LogP contribution in [-0.4, -0.2) is 37.4 Å². The van der Waals surface area contributed by atoms with Gasteiger partial charge in [-0.05, 0) is 30.3 Å². The highest BCUT2D eigenvalue weighted by Crippen LogP contribution is 2.42. The molecule has 2 aromatic carbocycles. The van der Waals surface area contributed by atoms with Gasteiger partial charge in [-0.25, -0.2) is 4.79 Å². The summed E-state index contributed by atoms with van der Waals surface area (Å²) in [7, 11) is 1.85. The van der Waals surface area contributed by atoms with Crippen LogP contribution in [0.15, 0.2) is 36.4 Å². The van der Waals surface area contributed by atoms with Crippen LogP contribution in [0.1, 0.15) is 15.9 Å². The van der Waals surface area contributed by atoms with Gasteiger partial charge in [-0.2, -0.15) is 13.2 Å². The topological polar surface area (TPSA) is 84.9 Å². The molecule has 29 heavy (non-hydrogen) atoms. The number of methoxy groups -OCH3 is 2. The van der Waals surface area contributed by atoms with Crippen LogP contribution in [-0.2, 0) is 15.1 Å². The minimum Gasteiger partial charge on any atom is -0.495 e. The SMILES string of the molecule is COC(=O)[C@](O)(c1ccc(NC(=O)c2ccc(Cl)c(Cl)c2)c(OC)c1)C(F)(F)F. The predicted octanol–water partition coefficient (Wildman–Crippen LogP) is 4.18. The highest BCUT2D eigenvalue weighted by Gasteiger charge is 2.62. The first-order valence-corrected chi connectivity index (χ1v) is 8.53. The molecule has 0 aromatic heterocycles. The number of carbonyl (C=O) groups is 2. The molecule has 0 unspecified atom stereocenters. The molecule has 0 spiro atoms. The lowest BCUT2D eigenvalue weighted by molar-refractivity contribution is -0.266. The van der Waals surface area contributed by atoms with Gasteiger partial charge in [-0.3, -0.25) is 4.79 Å². The number of ether oxygens (including phenoxy) is 2. The summed E-state index contributed by atoms with van der Waals surface area (Å²) in [5.74, 6) is -2.80. The second kappa shape index (κ2) is 8.48. The summed E-state index contributed by atoms with van der Waals surface area (Å²) in [6.07, 6.45) is -5.37. The summed E-state index contributed by atoms with van der Waals surface area (Å²) in [6, 6.07) is 6.73. The average molecular weight is 452 g/mol. The van der Waals surface area contributed by atoms with E-state index in [1.165, 1.54) is 18.2 Å². The fraction of sp³-hybridized carbons (Fsp3) is 0.222. The second-order valence-electron chi connectivity index (χ2n) is 5.70. The Hall–Kier alpha value is -2.49. The molecule has 0 heterocycles. The van der Waals surface area contributed by atoms with Gasteiger partial charge < -0.3 is 19.9 Å². The molecule has 0 aliphatic rings. The molecule has 0 saturated heterocycles. The molecular formula is C18H14Cl2F3NO5. The van der Waals surface area contributed by atoms with Crippen LogP contribution in [0.5, 0.6) is 5.75 Å². The van der Waals surface area contributed by atoms with Gasteiger partial charge in [0.15, 0.2) is 0 Å². The lowest BCUT2D eigenvalue weighted by atomic mass is 9.92. The van der Waals surface area contributed by atoms with E-state index in [1.807, 2.05) is 0 Å². The minimum atomic E-state index is -5.37. The molecule has 11 heteroatoms. The van der Waals surface area contributed by atoms with Crippen molar-refractivity contribution in [3.05, 3.63) is 57.6 Å². The van der Waals surface area contributed by atoms with E-state index >= 15 is 0 Å². The Kier molecular flexibility index (Phi) is 6.67. The zero-order valence-corrected chi connectivity index (χ0v) is 16.4. The van der Waals surface area contributed by atoms with Crippen LogP contribution in [0.3, 0.4) is 0 Å². The van der Waals surface area contributed by atoms with Gasteiger partial charge in [0, 0.05) is 11.1 Å². The number of nitrogens with one attached hydrogen (secondary N) is 1. The maximum atomic E-state index is 13.4. The molecule has 6 nitrogen and oxygen atoms in total. The summed E-state index contributed by atoms with van der Waals surface area (Å²) in [6.45, 7) is 0. The number of halogens is 5. The maximum absolute atomic E-state index is 13.4. The van der Waals surface area contributed by atoms with Crippen molar-refractivity contribution in [2.45, 2.75) is 11.8 Å². The third kappa shape index (κ3) is 4.42. The fourth-order valence-electron chi connectivity index (χ4n) is 2.40. The molecule has 0 aliphatic carbocycles. The van der Waals surface area contributed by atoms with Gasteiger partial charge >= 0.3 is 12.1 Å². The van der Waals surface area contributed by atoms with Gasteiger partial charge in [0.2, 0.25) is 0 Å². The lowest BCUT2D eigenvalue weighted by Crippen LogP contribution is -2.49. The Morgan fingerprint density at radius 1 is 1.03 bits per heavy atom. The number of carbonyl (C=O) groups excluding carboxylic acids is 2. The summed E-state index contributed by atoms with van der Waals surface area (Å²) in [5.41, 5.74) is -4.64. The van der Waals surface area contributed by atoms with E-state index < -0.39 is 29.2 Å². The van der Waals surface area contributed by atoms with Crippen LogP contribution >= 0.6 is 23.2 Å². The molecular weight excluding hydrogens is 438 g/mol. The van der Waals surface area contributed by atoms with Gasteiger partial charge in [0.25, 0.3) is 11.5 Å². The van der Waals surface area contributed by atoms with Crippen LogP contribution in [0.2, 0.25) is 10.0 Å². The molecule has 2 aromatic rings. The zero-order valence-electron chi connectivity index (χ0n) is 14.9. The summed E-state index contributed by atoms with van der Waals surface area (Å²) < 4.78 is 49.2. The van der Waals surface area contributed by atoms with E-state index in [9.17, 15) is 27.9 Å². The average Bonchev–Trinajstić information content (AvgIpc) is 2.67. The number of benzene rings is 2. The predicted molar refractivity (Wildman–Crippen MR) is 99.4 cm³/mol. The van der Waals surface area contributed by atoms with Gasteiger partial charge in [-0.1, -0.05) is 29.3 Å². The van der Waals surface area contributed by atoms with E-state index in [2.05, 4.69) is 10.1 Å². The molecule has 0 radical (unpaired) electrons. The van der Waals surface area contributed by atoms with Crippen LogP contribution in [0.25, 0.3) is 0 Å². The summed E-state index contributed by atoms with van der Waals surface area (Å²) in [5, 5.41) is 12.9. The molecule has 2 N–H and O–H groups in total. The lowest BCUT2D eigenvalue weighted by Gasteiger charge is -2.28. The number of anilines is 1. The van der Waals surface area contributed by atoms with Gasteiger partial charge in [0.05, 0.1) is 30.0 Å². The summed E-state index contributed by atoms with van der Waals surface area (Å²) in [4.78, 5) is 24.0. The number of rotatable bonds is 5. The molecule has 1 atom stereocenters. The Morgan fingerprint density at radius 3 is 2.21 bits per heavy atom. The number of alkyl halides is 3. The number of hydrogen-bond donors (Lipinski definition) is 2. The number of hydrogen-bond acceptors (Lipinski definition) is 5. The first kappa shape index (κ1) is 22.8. The Balaban J connectivity index is 2.43.